The SMILES string of the molecule is CN1C[C@@H]2C[C@H]1CN2c1ccc(-c2ccnc3c(-c4cccc(C(N)=O)c4)c(-c4ccncc4)nn23)cn1. The predicted octanol–water partition coefficient (Wildman–Crippen LogP) is 3.51. The summed E-state index contributed by atoms with van der Waals surface area (Å²) in [5.41, 5.74) is 11.8. The third-order valence-electron chi connectivity index (χ3n) is 7.76. The van der Waals surface area contributed by atoms with E-state index in [0.29, 0.717) is 23.3 Å². The van der Waals surface area contributed by atoms with E-state index >= 15 is 0 Å². The van der Waals surface area contributed by atoms with Crippen molar-refractivity contribution in [2.45, 2.75) is 18.5 Å². The molecule has 2 aliphatic heterocycles. The van der Waals surface area contributed by atoms with Gasteiger partial charge in [0.05, 0.1) is 11.3 Å². The van der Waals surface area contributed by atoms with Crippen molar-refractivity contribution in [3.8, 4) is 33.6 Å². The molecule has 2 fully saturated rings. The van der Waals surface area contributed by atoms with Crippen LogP contribution in [-0.2, 0) is 0 Å². The Bertz CT molecular complexity index is 1660. The molecule has 0 aliphatic carbocycles. The molecule has 6 heterocycles. The summed E-state index contributed by atoms with van der Waals surface area (Å²) >= 11 is 0. The molecule has 2 saturated heterocycles. The maximum absolute atomic E-state index is 11.9. The highest BCUT2D eigenvalue weighted by atomic mass is 16.1. The van der Waals surface area contributed by atoms with Gasteiger partial charge < -0.3 is 10.6 Å². The fourth-order valence-corrected chi connectivity index (χ4v) is 5.82. The van der Waals surface area contributed by atoms with Gasteiger partial charge in [-0.15, -0.1) is 0 Å². The molecule has 7 rings (SSSR count). The number of fused-ring (bicyclic) bond motifs is 3. The third-order valence-corrected chi connectivity index (χ3v) is 7.76. The van der Waals surface area contributed by atoms with Gasteiger partial charge in [0.1, 0.15) is 11.5 Å². The minimum Gasteiger partial charge on any atom is -0.366 e. The number of rotatable bonds is 5. The van der Waals surface area contributed by atoms with Crippen LogP contribution in [0.5, 0.6) is 0 Å². The van der Waals surface area contributed by atoms with Gasteiger partial charge >= 0.3 is 0 Å². The molecule has 9 nitrogen and oxygen atoms in total. The summed E-state index contributed by atoms with van der Waals surface area (Å²) in [5.74, 6) is 0.535. The molecule has 2 N–H and O–H groups in total. The van der Waals surface area contributed by atoms with Gasteiger partial charge in [0.15, 0.2) is 5.65 Å². The molecular weight excluding hydrogens is 476 g/mol. The number of nitrogens with zero attached hydrogens (tertiary/aromatic N) is 7. The summed E-state index contributed by atoms with van der Waals surface area (Å²) in [4.78, 5) is 30.5. The fraction of sp³-hybridized carbons (Fsp3) is 0.207. The summed E-state index contributed by atoms with van der Waals surface area (Å²) < 4.78 is 1.85. The van der Waals surface area contributed by atoms with Crippen LogP contribution in [0.1, 0.15) is 16.8 Å². The standard InChI is InChI=1S/C29H26N8O/c1-35-16-23-14-22(35)17-36(23)25-6-5-21(15-33-25)24-9-12-32-29-26(19-3-2-4-20(13-19)28(30)38)27(34-37(24)29)18-7-10-31-11-8-18/h2-13,15,22-23H,14,16-17H2,1H3,(H2,30,38)/t22-,23-/m0/s1. The summed E-state index contributed by atoms with van der Waals surface area (Å²) in [6, 6.07) is 18.4. The van der Waals surface area contributed by atoms with Gasteiger partial charge in [-0.05, 0) is 61.5 Å². The second kappa shape index (κ2) is 8.74. The van der Waals surface area contributed by atoms with E-state index < -0.39 is 5.91 Å². The Kier molecular flexibility index (Phi) is 5.19. The number of carbonyl (C=O) groups is 1. The summed E-state index contributed by atoms with van der Waals surface area (Å²) in [7, 11) is 2.20. The van der Waals surface area contributed by atoms with Crippen LogP contribution in [0.15, 0.2) is 79.4 Å². The number of nitrogens with two attached hydrogens (primary N) is 1. The number of aromatic nitrogens is 5. The minimum absolute atomic E-state index is 0.431. The lowest BCUT2D eigenvalue weighted by atomic mass is 10.00. The molecule has 0 radical (unpaired) electrons. The van der Waals surface area contributed by atoms with E-state index in [9.17, 15) is 4.79 Å². The molecule has 2 bridgehead atoms. The normalized spacial score (nSPS) is 18.9. The maximum Gasteiger partial charge on any atom is 0.248 e. The van der Waals surface area contributed by atoms with Crippen LogP contribution in [0.25, 0.3) is 39.3 Å². The molecule has 2 aliphatic rings. The number of carbonyl (C=O) groups excluding carboxylic acids is 1. The van der Waals surface area contributed by atoms with Crippen molar-refractivity contribution in [1.29, 1.82) is 0 Å². The number of piperazine rings is 1. The number of pyridine rings is 2. The molecule has 0 spiro atoms. The molecule has 2 atom stereocenters. The fourth-order valence-electron chi connectivity index (χ4n) is 5.82. The van der Waals surface area contributed by atoms with E-state index in [2.05, 4.69) is 34.0 Å². The highest BCUT2D eigenvalue weighted by Gasteiger charge is 2.41. The topological polar surface area (TPSA) is 106 Å². The van der Waals surface area contributed by atoms with E-state index in [0.717, 1.165) is 52.5 Å². The molecule has 1 aromatic carbocycles. The van der Waals surface area contributed by atoms with E-state index in [1.165, 1.54) is 6.42 Å². The highest BCUT2D eigenvalue weighted by Crippen LogP contribution is 2.37. The van der Waals surface area contributed by atoms with Gasteiger partial charge in [-0.25, -0.2) is 14.5 Å². The first-order chi connectivity index (χ1) is 18.6. The third kappa shape index (κ3) is 3.62. The first kappa shape index (κ1) is 22.6. The van der Waals surface area contributed by atoms with E-state index in [4.69, 9.17) is 20.8 Å². The van der Waals surface area contributed by atoms with Crippen molar-refractivity contribution in [1.82, 2.24) is 29.5 Å². The lowest BCUT2D eigenvalue weighted by Gasteiger charge is -2.32. The molecule has 4 aromatic heterocycles. The van der Waals surface area contributed by atoms with Crippen molar-refractivity contribution < 1.29 is 4.79 Å². The number of likely N-dealkylation sites (tertiary alicyclic amines) is 1. The molecule has 38 heavy (non-hydrogen) atoms. The van der Waals surface area contributed by atoms with Crippen LogP contribution >= 0.6 is 0 Å². The van der Waals surface area contributed by atoms with Crippen molar-refractivity contribution in [3.05, 3.63) is 84.9 Å². The number of benzene rings is 1. The lowest BCUT2D eigenvalue weighted by molar-refractivity contribution is 0.100. The molecule has 188 valence electrons. The van der Waals surface area contributed by atoms with E-state index in [1.54, 1.807) is 30.7 Å². The van der Waals surface area contributed by atoms with Gasteiger partial charge in [-0.2, -0.15) is 5.10 Å². The van der Waals surface area contributed by atoms with Crippen LogP contribution < -0.4 is 10.6 Å². The van der Waals surface area contributed by atoms with Gasteiger partial charge in [-0.3, -0.25) is 14.7 Å². The van der Waals surface area contributed by atoms with Crippen molar-refractivity contribution >= 4 is 17.4 Å². The zero-order valence-corrected chi connectivity index (χ0v) is 20.9. The van der Waals surface area contributed by atoms with Crippen molar-refractivity contribution in [2.75, 3.05) is 25.0 Å². The van der Waals surface area contributed by atoms with Crippen molar-refractivity contribution in [3.63, 3.8) is 0 Å². The molecule has 9 heteroatoms. The van der Waals surface area contributed by atoms with Gasteiger partial charge in [-0.1, -0.05) is 12.1 Å². The first-order valence-electron chi connectivity index (χ1n) is 12.7. The first-order valence-corrected chi connectivity index (χ1v) is 12.7. The number of hydrogen-bond donors (Lipinski definition) is 1. The van der Waals surface area contributed by atoms with Crippen LogP contribution in [0.4, 0.5) is 5.82 Å². The smallest absolute Gasteiger partial charge is 0.248 e. The van der Waals surface area contributed by atoms with E-state index in [-0.39, 0.29) is 0 Å². The van der Waals surface area contributed by atoms with E-state index in [1.807, 2.05) is 41.0 Å². The second-order valence-electron chi connectivity index (χ2n) is 10.0. The largest absolute Gasteiger partial charge is 0.366 e. The Morgan fingerprint density at radius 1 is 0.921 bits per heavy atom. The summed E-state index contributed by atoms with van der Waals surface area (Å²) in [5, 5.41) is 5.02. The van der Waals surface area contributed by atoms with Gasteiger partial charge in [0.25, 0.3) is 0 Å². The molecule has 0 unspecified atom stereocenters. The highest BCUT2D eigenvalue weighted by molar-refractivity contribution is 5.97. The Morgan fingerprint density at radius 3 is 2.50 bits per heavy atom. The average Bonchev–Trinajstić information content (AvgIpc) is 3.66. The predicted molar refractivity (Wildman–Crippen MR) is 146 cm³/mol. The number of hydrogen-bond acceptors (Lipinski definition) is 7. The Morgan fingerprint density at radius 2 is 1.79 bits per heavy atom. The Balaban J connectivity index is 1.35. The maximum atomic E-state index is 11.9. The van der Waals surface area contributed by atoms with Gasteiger partial charge in [0.2, 0.25) is 5.91 Å². The monoisotopic (exact) mass is 502 g/mol. The van der Waals surface area contributed by atoms with Gasteiger partial charge in [0, 0.05) is 66.7 Å². The minimum atomic E-state index is -0.480. The number of likely N-dealkylation sites (N-methyl/N-ethyl adjacent to an activating group) is 1. The number of amides is 1. The number of anilines is 1. The lowest BCUT2D eigenvalue weighted by Crippen LogP contribution is -2.44. The molecule has 5 aromatic rings. The zero-order chi connectivity index (χ0) is 25.8. The summed E-state index contributed by atoms with van der Waals surface area (Å²) in [6.45, 7) is 2.11. The summed E-state index contributed by atoms with van der Waals surface area (Å²) in [6.07, 6.45) is 8.38. The Labute approximate surface area is 219 Å². The zero-order valence-electron chi connectivity index (χ0n) is 20.9. The van der Waals surface area contributed by atoms with Crippen LogP contribution in [0, 0.1) is 0 Å². The van der Waals surface area contributed by atoms with Crippen LogP contribution in [0.2, 0.25) is 0 Å². The quantitative estimate of drug-likeness (QED) is 0.392. The Hall–Kier alpha value is -4.63. The van der Waals surface area contributed by atoms with Crippen LogP contribution in [-0.4, -0.2) is 67.6 Å². The number of primary amides is 1. The average molecular weight is 503 g/mol. The second-order valence-corrected chi connectivity index (χ2v) is 10.0. The van der Waals surface area contributed by atoms with Crippen molar-refractivity contribution in [2.24, 2.45) is 5.73 Å². The molecule has 0 saturated carbocycles. The van der Waals surface area contributed by atoms with Crippen LogP contribution in [0.3, 0.4) is 0 Å². The molecular formula is C29H26N8O. The molecule has 1 amide bonds.